The van der Waals surface area contributed by atoms with Gasteiger partial charge in [-0.05, 0) is 47.0 Å². The summed E-state index contributed by atoms with van der Waals surface area (Å²) in [6.07, 6.45) is 1.23. The Bertz CT molecular complexity index is 415. The zero-order valence-electron chi connectivity index (χ0n) is 10.1. The van der Waals surface area contributed by atoms with E-state index in [0.717, 1.165) is 0 Å². The van der Waals surface area contributed by atoms with Gasteiger partial charge in [0.25, 0.3) is 0 Å². The molecule has 100 valence electrons. The van der Waals surface area contributed by atoms with Crippen LogP contribution in [0.25, 0.3) is 0 Å². The zero-order valence-corrected chi connectivity index (χ0v) is 11.7. The molecule has 1 aromatic rings. The SMILES string of the molecule is COCCCC(N)C(=O)Nc1ccc(Br)c(F)c1. The van der Waals surface area contributed by atoms with Crippen molar-refractivity contribution in [3.63, 3.8) is 0 Å². The number of methoxy groups -OCH3 is 1. The number of hydrogen-bond donors (Lipinski definition) is 2. The molecule has 0 aromatic heterocycles. The molecule has 4 nitrogen and oxygen atoms in total. The topological polar surface area (TPSA) is 64.3 Å². The molecule has 1 amide bonds. The Balaban J connectivity index is 2.50. The van der Waals surface area contributed by atoms with Gasteiger partial charge in [0.1, 0.15) is 5.82 Å². The minimum Gasteiger partial charge on any atom is -0.385 e. The number of halogens is 2. The van der Waals surface area contributed by atoms with Gasteiger partial charge in [0.2, 0.25) is 5.91 Å². The van der Waals surface area contributed by atoms with Crippen LogP contribution < -0.4 is 11.1 Å². The fourth-order valence-electron chi connectivity index (χ4n) is 1.39. The highest BCUT2D eigenvalue weighted by Gasteiger charge is 2.13. The van der Waals surface area contributed by atoms with Crippen molar-refractivity contribution in [1.29, 1.82) is 0 Å². The second kappa shape index (κ2) is 7.45. The molecule has 18 heavy (non-hydrogen) atoms. The van der Waals surface area contributed by atoms with Crippen molar-refractivity contribution < 1.29 is 13.9 Å². The predicted molar refractivity (Wildman–Crippen MR) is 71.8 cm³/mol. The Morgan fingerprint density at radius 1 is 1.61 bits per heavy atom. The monoisotopic (exact) mass is 318 g/mol. The van der Waals surface area contributed by atoms with Crippen molar-refractivity contribution in [3.8, 4) is 0 Å². The largest absolute Gasteiger partial charge is 0.385 e. The van der Waals surface area contributed by atoms with Crippen LogP contribution in [0, 0.1) is 5.82 Å². The quantitative estimate of drug-likeness (QED) is 0.791. The maximum atomic E-state index is 13.2. The van der Waals surface area contributed by atoms with Gasteiger partial charge in [0, 0.05) is 19.4 Å². The van der Waals surface area contributed by atoms with Crippen molar-refractivity contribution >= 4 is 27.5 Å². The lowest BCUT2D eigenvalue weighted by atomic mass is 10.1. The average Bonchev–Trinajstić information content (AvgIpc) is 2.34. The molecule has 0 fully saturated rings. The molecule has 6 heteroatoms. The van der Waals surface area contributed by atoms with Crippen LogP contribution in [0.2, 0.25) is 0 Å². The highest BCUT2D eigenvalue weighted by atomic mass is 79.9. The highest BCUT2D eigenvalue weighted by molar-refractivity contribution is 9.10. The summed E-state index contributed by atoms with van der Waals surface area (Å²) >= 11 is 3.04. The third-order valence-electron chi connectivity index (χ3n) is 2.39. The molecule has 0 aliphatic carbocycles. The van der Waals surface area contributed by atoms with Crippen LogP contribution in [0.1, 0.15) is 12.8 Å². The Labute approximate surface area is 114 Å². The van der Waals surface area contributed by atoms with E-state index >= 15 is 0 Å². The Morgan fingerprint density at radius 3 is 2.94 bits per heavy atom. The summed E-state index contributed by atoms with van der Waals surface area (Å²) in [5.74, 6) is -0.756. The molecule has 1 atom stereocenters. The van der Waals surface area contributed by atoms with Gasteiger partial charge in [0.15, 0.2) is 0 Å². The molecule has 3 N–H and O–H groups in total. The van der Waals surface area contributed by atoms with Crippen LogP contribution >= 0.6 is 15.9 Å². The van der Waals surface area contributed by atoms with Crippen molar-refractivity contribution in [3.05, 3.63) is 28.5 Å². The van der Waals surface area contributed by atoms with Crippen molar-refractivity contribution in [2.75, 3.05) is 19.0 Å². The van der Waals surface area contributed by atoms with Crippen LogP contribution in [-0.4, -0.2) is 25.7 Å². The molecule has 0 radical (unpaired) electrons. The van der Waals surface area contributed by atoms with E-state index in [2.05, 4.69) is 21.2 Å². The first-order chi connectivity index (χ1) is 8.54. The zero-order chi connectivity index (χ0) is 13.5. The number of hydrogen-bond acceptors (Lipinski definition) is 3. The molecule has 0 spiro atoms. The van der Waals surface area contributed by atoms with E-state index in [1.807, 2.05) is 0 Å². The third kappa shape index (κ3) is 4.72. The minimum atomic E-state index is -0.619. The molecule has 0 heterocycles. The maximum absolute atomic E-state index is 13.2. The fraction of sp³-hybridized carbons (Fsp3) is 0.417. The number of amides is 1. The van der Waals surface area contributed by atoms with Crippen LogP contribution in [0.15, 0.2) is 22.7 Å². The van der Waals surface area contributed by atoms with Gasteiger partial charge in [-0.15, -0.1) is 0 Å². The first-order valence-electron chi connectivity index (χ1n) is 5.55. The molecule has 0 aliphatic rings. The number of nitrogens with one attached hydrogen (secondary N) is 1. The van der Waals surface area contributed by atoms with Crippen molar-refractivity contribution in [2.45, 2.75) is 18.9 Å². The third-order valence-corrected chi connectivity index (χ3v) is 3.03. The van der Waals surface area contributed by atoms with E-state index in [-0.39, 0.29) is 5.91 Å². The van der Waals surface area contributed by atoms with E-state index in [4.69, 9.17) is 10.5 Å². The second-order valence-electron chi connectivity index (χ2n) is 3.86. The number of rotatable bonds is 6. The standard InChI is InChI=1S/C12H16BrFN2O2/c1-18-6-2-3-11(15)12(17)16-8-4-5-9(13)10(14)7-8/h4-5,7,11H,2-3,6,15H2,1H3,(H,16,17). The molecule has 1 rings (SSSR count). The van der Waals surface area contributed by atoms with E-state index in [1.54, 1.807) is 13.2 Å². The maximum Gasteiger partial charge on any atom is 0.241 e. The average molecular weight is 319 g/mol. The molecule has 1 aromatic carbocycles. The van der Waals surface area contributed by atoms with Crippen LogP contribution in [-0.2, 0) is 9.53 Å². The molecule has 0 saturated heterocycles. The molecule has 1 unspecified atom stereocenters. The van der Waals surface area contributed by atoms with E-state index in [0.29, 0.717) is 29.6 Å². The Morgan fingerprint density at radius 2 is 2.33 bits per heavy atom. The summed E-state index contributed by atoms with van der Waals surface area (Å²) in [4.78, 5) is 11.7. The van der Waals surface area contributed by atoms with Gasteiger partial charge in [-0.3, -0.25) is 4.79 Å². The molecule has 0 saturated carbocycles. The smallest absolute Gasteiger partial charge is 0.241 e. The number of carbonyl (C=O) groups is 1. The highest BCUT2D eigenvalue weighted by Crippen LogP contribution is 2.19. The number of anilines is 1. The van der Waals surface area contributed by atoms with Crippen LogP contribution in [0.4, 0.5) is 10.1 Å². The fourth-order valence-corrected chi connectivity index (χ4v) is 1.63. The lowest BCUT2D eigenvalue weighted by Gasteiger charge is -2.12. The second-order valence-corrected chi connectivity index (χ2v) is 4.71. The summed E-state index contributed by atoms with van der Waals surface area (Å²) in [7, 11) is 1.59. The molecule has 0 aliphatic heterocycles. The van der Waals surface area contributed by atoms with Crippen LogP contribution in [0.3, 0.4) is 0 Å². The number of carbonyl (C=O) groups excluding carboxylic acids is 1. The van der Waals surface area contributed by atoms with E-state index in [1.165, 1.54) is 12.1 Å². The number of benzene rings is 1. The van der Waals surface area contributed by atoms with Gasteiger partial charge in [-0.1, -0.05) is 0 Å². The van der Waals surface area contributed by atoms with Gasteiger partial charge < -0.3 is 15.8 Å². The summed E-state index contributed by atoms with van der Waals surface area (Å²) < 4.78 is 18.5. The lowest BCUT2D eigenvalue weighted by Crippen LogP contribution is -2.35. The lowest BCUT2D eigenvalue weighted by molar-refractivity contribution is -0.117. The predicted octanol–water partition coefficient (Wildman–Crippen LogP) is 2.28. The van der Waals surface area contributed by atoms with Gasteiger partial charge in [0.05, 0.1) is 10.5 Å². The first-order valence-corrected chi connectivity index (χ1v) is 6.34. The van der Waals surface area contributed by atoms with Crippen molar-refractivity contribution in [1.82, 2.24) is 0 Å². The summed E-state index contributed by atoms with van der Waals surface area (Å²) in [5.41, 5.74) is 6.09. The van der Waals surface area contributed by atoms with Crippen LogP contribution in [0.5, 0.6) is 0 Å². The van der Waals surface area contributed by atoms with Gasteiger partial charge >= 0.3 is 0 Å². The molecular formula is C12H16BrFN2O2. The van der Waals surface area contributed by atoms with Gasteiger partial charge in [-0.2, -0.15) is 0 Å². The summed E-state index contributed by atoms with van der Waals surface area (Å²) in [5, 5.41) is 2.57. The first kappa shape index (κ1) is 15.1. The summed E-state index contributed by atoms with van der Waals surface area (Å²) in [6.45, 7) is 0.563. The van der Waals surface area contributed by atoms with Gasteiger partial charge in [-0.25, -0.2) is 4.39 Å². The normalized spacial score (nSPS) is 12.2. The van der Waals surface area contributed by atoms with E-state index in [9.17, 15) is 9.18 Å². The molecule has 0 bridgehead atoms. The molecular weight excluding hydrogens is 303 g/mol. The summed E-state index contributed by atoms with van der Waals surface area (Å²) in [6, 6.07) is 3.75. The van der Waals surface area contributed by atoms with E-state index < -0.39 is 11.9 Å². The van der Waals surface area contributed by atoms with Crippen molar-refractivity contribution in [2.24, 2.45) is 5.73 Å². The minimum absolute atomic E-state index is 0.326. The Hall–Kier alpha value is -0.980. The number of nitrogens with two attached hydrogens (primary N) is 1. The Kier molecular flexibility index (Phi) is 6.24. The number of ether oxygens (including phenoxy) is 1.